The van der Waals surface area contributed by atoms with Crippen LogP contribution in [0.5, 0.6) is 0 Å². The third-order valence-electron chi connectivity index (χ3n) is 4.66. The molecule has 5 heteroatoms. The summed E-state index contributed by atoms with van der Waals surface area (Å²) in [6, 6.07) is 21.9. The van der Waals surface area contributed by atoms with E-state index in [1.807, 2.05) is 48.5 Å². The Balaban J connectivity index is 1.69. The molecule has 1 amide bonds. The van der Waals surface area contributed by atoms with E-state index in [0.29, 0.717) is 16.6 Å². The largest absolute Gasteiger partial charge is 0.392 e. The zero-order chi connectivity index (χ0) is 19.5. The van der Waals surface area contributed by atoms with Gasteiger partial charge in [-0.25, -0.2) is 0 Å². The molecule has 0 bridgehead atoms. The molecule has 1 heterocycles. The number of H-pyrrole nitrogens is 1. The molecule has 0 aliphatic carbocycles. The predicted octanol–water partition coefficient (Wildman–Crippen LogP) is 3.94. The van der Waals surface area contributed by atoms with Gasteiger partial charge in [0.25, 0.3) is 5.91 Å². The molecule has 138 valence electrons. The smallest absolute Gasteiger partial charge is 0.261 e. The van der Waals surface area contributed by atoms with Gasteiger partial charge < -0.3 is 15.4 Å². The number of aliphatic hydroxyl groups excluding tert-OH is 1. The van der Waals surface area contributed by atoms with E-state index in [2.05, 4.69) is 10.3 Å². The Bertz CT molecular complexity index is 1210. The summed E-state index contributed by atoms with van der Waals surface area (Å²) < 4.78 is 0. The average molecular weight is 370 g/mol. The van der Waals surface area contributed by atoms with Crippen LogP contribution in [0.1, 0.15) is 15.9 Å². The van der Waals surface area contributed by atoms with Crippen molar-refractivity contribution in [2.45, 2.75) is 6.61 Å². The molecule has 0 unspecified atom stereocenters. The topological polar surface area (TPSA) is 82.2 Å². The number of pyridine rings is 1. The zero-order valence-corrected chi connectivity index (χ0v) is 15.0. The van der Waals surface area contributed by atoms with Gasteiger partial charge in [-0.15, -0.1) is 0 Å². The third kappa shape index (κ3) is 3.31. The van der Waals surface area contributed by atoms with Gasteiger partial charge in [-0.2, -0.15) is 0 Å². The van der Waals surface area contributed by atoms with Gasteiger partial charge in [0.15, 0.2) is 0 Å². The van der Waals surface area contributed by atoms with E-state index < -0.39 is 5.91 Å². The Morgan fingerprint density at radius 3 is 2.43 bits per heavy atom. The molecular weight excluding hydrogens is 352 g/mol. The molecule has 4 rings (SSSR count). The zero-order valence-electron chi connectivity index (χ0n) is 15.0. The number of aromatic amines is 1. The highest BCUT2D eigenvalue weighted by Crippen LogP contribution is 2.28. The minimum absolute atomic E-state index is 0.0244. The summed E-state index contributed by atoms with van der Waals surface area (Å²) in [5.41, 5.74) is 3.59. The lowest BCUT2D eigenvalue weighted by atomic mass is 10.0. The van der Waals surface area contributed by atoms with Gasteiger partial charge in [0, 0.05) is 28.4 Å². The number of carbonyl (C=O) groups excluding carboxylic acids is 1. The highest BCUT2D eigenvalue weighted by Gasteiger charge is 2.15. The predicted molar refractivity (Wildman–Crippen MR) is 110 cm³/mol. The summed E-state index contributed by atoms with van der Waals surface area (Å²) in [5, 5.41) is 12.5. The normalized spacial score (nSPS) is 10.8. The molecule has 0 saturated carbocycles. The van der Waals surface area contributed by atoms with Crippen LogP contribution in [0.25, 0.3) is 22.0 Å². The fourth-order valence-corrected chi connectivity index (χ4v) is 3.16. The lowest BCUT2D eigenvalue weighted by Crippen LogP contribution is -2.22. The number of rotatable bonds is 4. The maximum Gasteiger partial charge on any atom is 0.261 e. The number of fused-ring (bicyclic) bond motifs is 1. The van der Waals surface area contributed by atoms with Crippen molar-refractivity contribution in [2.24, 2.45) is 0 Å². The Morgan fingerprint density at radius 1 is 0.929 bits per heavy atom. The first kappa shape index (κ1) is 17.7. The lowest BCUT2D eigenvalue weighted by Gasteiger charge is -2.12. The minimum Gasteiger partial charge on any atom is -0.392 e. The van der Waals surface area contributed by atoms with Crippen molar-refractivity contribution in [3.05, 3.63) is 100 Å². The quantitative estimate of drug-likeness (QED) is 0.509. The number of carbonyl (C=O) groups is 1. The number of para-hydroxylation sites is 2. The van der Waals surface area contributed by atoms with E-state index in [0.717, 1.165) is 16.7 Å². The van der Waals surface area contributed by atoms with E-state index in [1.165, 1.54) is 6.20 Å². The Labute approximate surface area is 161 Å². The summed E-state index contributed by atoms with van der Waals surface area (Å²) in [6.45, 7) is -0.0244. The molecular formula is C23H18N2O3. The molecule has 28 heavy (non-hydrogen) atoms. The van der Waals surface area contributed by atoms with Crippen molar-refractivity contribution < 1.29 is 9.90 Å². The van der Waals surface area contributed by atoms with Crippen LogP contribution in [0, 0.1) is 0 Å². The Hall–Kier alpha value is -3.70. The molecule has 0 fully saturated rings. The number of amides is 1. The molecule has 3 N–H and O–H groups in total. The van der Waals surface area contributed by atoms with Crippen LogP contribution < -0.4 is 10.7 Å². The molecule has 0 aliphatic rings. The van der Waals surface area contributed by atoms with Crippen molar-refractivity contribution in [3.8, 4) is 11.1 Å². The van der Waals surface area contributed by atoms with E-state index >= 15 is 0 Å². The first-order chi connectivity index (χ1) is 13.7. The van der Waals surface area contributed by atoms with Crippen LogP contribution in [0.4, 0.5) is 5.69 Å². The second-order valence-electron chi connectivity index (χ2n) is 6.43. The maximum absolute atomic E-state index is 12.8. The molecule has 0 saturated heterocycles. The van der Waals surface area contributed by atoms with Gasteiger partial charge in [-0.05, 0) is 29.3 Å². The van der Waals surface area contributed by atoms with Crippen molar-refractivity contribution in [1.29, 1.82) is 0 Å². The minimum atomic E-state index is -0.466. The number of aromatic nitrogens is 1. The first-order valence-corrected chi connectivity index (χ1v) is 8.88. The Morgan fingerprint density at radius 2 is 1.64 bits per heavy atom. The molecule has 3 aromatic carbocycles. The van der Waals surface area contributed by atoms with E-state index in [-0.39, 0.29) is 17.6 Å². The molecule has 1 aromatic heterocycles. The second-order valence-corrected chi connectivity index (χ2v) is 6.43. The average Bonchev–Trinajstić information content (AvgIpc) is 2.74. The lowest BCUT2D eigenvalue weighted by molar-refractivity contribution is 0.102. The van der Waals surface area contributed by atoms with Gasteiger partial charge in [0.2, 0.25) is 5.43 Å². The molecule has 4 aromatic rings. The number of hydrogen-bond acceptors (Lipinski definition) is 3. The van der Waals surface area contributed by atoms with Gasteiger partial charge in [0.05, 0.1) is 6.61 Å². The van der Waals surface area contributed by atoms with Crippen LogP contribution in [-0.2, 0) is 6.61 Å². The fourth-order valence-electron chi connectivity index (χ4n) is 3.16. The van der Waals surface area contributed by atoms with Crippen molar-refractivity contribution in [1.82, 2.24) is 4.98 Å². The van der Waals surface area contributed by atoms with Crippen molar-refractivity contribution >= 4 is 22.5 Å². The van der Waals surface area contributed by atoms with Crippen LogP contribution in [0.2, 0.25) is 0 Å². The van der Waals surface area contributed by atoms with Gasteiger partial charge in [0.1, 0.15) is 5.56 Å². The molecule has 0 atom stereocenters. The van der Waals surface area contributed by atoms with Gasteiger partial charge >= 0.3 is 0 Å². The first-order valence-electron chi connectivity index (χ1n) is 8.88. The number of nitrogens with one attached hydrogen (secondary N) is 2. The van der Waals surface area contributed by atoms with E-state index in [1.54, 1.807) is 24.3 Å². The number of benzene rings is 3. The number of anilines is 1. The van der Waals surface area contributed by atoms with Crippen LogP contribution in [0.3, 0.4) is 0 Å². The standard InChI is InChI=1S/C23H18N2O3/c26-14-15-9-11-16(12-10-15)17-5-1-4-8-21(17)25-23(28)19-13-24-20-7-3-2-6-18(20)22(19)27/h1-13,26H,14H2,(H,24,27)(H,25,28). The fraction of sp³-hybridized carbons (Fsp3) is 0.0435. The summed E-state index contributed by atoms with van der Waals surface area (Å²) in [6.07, 6.45) is 1.44. The summed E-state index contributed by atoms with van der Waals surface area (Å²) >= 11 is 0. The molecule has 0 radical (unpaired) electrons. The van der Waals surface area contributed by atoms with Crippen molar-refractivity contribution in [3.63, 3.8) is 0 Å². The van der Waals surface area contributed by atoms with E-state index in [9.17, 15) is 14.7 Å². The van der Waals surface area contributed by atoms with Gasteiger partial charge in [-0.1, -0.05) is 54.6 Å². The van der Waals surface area contributed by atoms with Gasteiger partial charge in [-0.3, -0.25) is 9.59 Å². The summed E-state index contributed by atoms with van der Waals surface area (Å²) in [7, 11) is 0. The molecule has 0 spiro atoms. The second kappa shape index (κ2) is 7.50. The molecule has 5 nitrogen and oxygen atoms in total. The van der Waals surface area contributed by atoms with E-state index in [4.69, 9.17) is 0 Å². The summed E-state index contributed by atoms with van der Waals surface area (Å²) in [5.74, 6) is -0.466. The van der Waals surface area contributed by atoms with Crippen molar-refractivity contribution in [2.75, 3.05) is 5.32 Å². The third-order valence-corrected chi connectivity index (χ3v) is 4.66. The maximum atomic E-state index is 12.8. The molecule has 0 aliphatic heterocycles. The number of aliphatic hydroxyl groups is 1. The highest BCUT2D eigenvalue weighted by atomic mass is 16.3. The van der Waals surface area contributed by atoms with Crippen LogP contribution in [-0.4, -0.2) is 16.0 Å². The highest BCUT2D eigenvalue weighted by molar-refractivity contribution is 6.07. The van der Waals surface area contributed by atoms with Crippen LogP contribution >= 0.6 is 0 Å². The monoisotopic (exact) mass is 370 g/mol. The Kier molecular flexibility index (Phi) is 4.74. The SMILES string of the molecule is O=C(Nc1ccccc1-c1ccc(CO)cc1)c1c[nH]c2ccccc2c1=O. The number of hydrogen-bond donors (Lipinski definition) is 3. The summed E-state index contributed by atoms with van der Waals surface area (Å²) in [4.78, 5) is 28.5. The van der Waals surface area contributed by atoms with Crippen LogP contribution in [0.15, 0.2) is 83.8 Å².